The van der Waals surface area contributed by atoms with Crippen LogP contribution in [-0.2, 0) is 4.74 Å². The van der Waals surface area contributed by atoms with E-state index < -0.39 is 4.92 Å². The number of hydrogen-bond acceptors (Lipinski definition) is 4. The standard InChI is InChI=1S/C12H15ClN2O4/c1-8(5-6-19-2)14-12(16)9-3-4-11(15(17)18)10(13)7-9/h3-4,7-8H,5-6H2,1-2H3,(H,14,16). The maximum atomic E-state index is 11.9. The van der Waals surface area contributed by atoms with Crippen molar-refractivity contribution in [1.82, 2.24) is 5.32 Å². The number of halogens is 1. The van der Waals surface area contributed by atoms with E-state index in [1.165, 1.54) is 18.2 Å². The minimum atomic E-state index is -0.592. The van der Waals surface area contributed by atoms with Crippen molar-refractivity contribution in [3.63, 3.8) is 0 Å². The molecule has 1 N–H and O–H groups in total. The Kier molecular flexibility index (Phi) is 5.72. The summed E-state index contributed by atoms with van der Waals surface area (Å²) in [5.74, 6) is -0.319. The minimum absolute atomic E-state index is 0.0535. The molecule has 6 nitrogen and oxygen atoms in total. The van der Waals surface area contributed by atoms with Gasteiger partial charge in [-0.2, -0.15) is 0 Å². The van der Waals surface area contributed by atoms with Crippen molar-refractivity contribution in [1.29, 1.82) is 0 Å². The van der Waals surface area contributed by atoms with Crippen molar-refractivity contribution >= 4 is 23.2 Å². The summed E-state index contributed by atoms with van der Waals surface area (Å²) in [5, 5.41) is 13.3. The van der Waals surface area contributed by atoms with Gasteiger partial charge < -0.3 is 10.1 Å². The van der Waals surface area contributed by atoms with Crippen LogP contribution < -0.4 is 5.32 Å². The summed E-state index contributed by atoms with van der Waals surface area (Å²) < 4.78 is 4.91. The SMILES string of the molecule is COCCC(C)NC(=O)c1ccc([N+](=O)[O-])c(Cl)c1. The largest absolute Gasteiger partial charge is 0.385 e. The molecule has 1 aromatic rings. The number of ether oxygens (including phenoxy) is 1. The highest BCUT2D eigenvalue weighted by molar-refractivity contribution is 6.33. The summed E-state index contributed by atoms with van der Waals surface area (Å²) in [6.45, 7) is 2.40. The lowest BCUT2D eigenvalue weighted by Crippen LogP contribution is -2.33. The Bertz CT molecular complexity index is 479. The molecule has 0 aliphatic heterocycles. The molecule has 0 aromatic heterocycles. The molecule has 0 spiro atoms. The van der Waals surface area contributed by atoms with Gasteiger partial charge in [0.2, 0.25) is 0 Å². The van der Waals surface area contributed by atoms with Gasteiger partial charge >= 0.3 is 0 Å². The number of carbonyl (C=O) groups excluding carboxylic acids is 1. The van der Waals surface area contributed by atoms with Gasteiger partial charge in [0.05, 0.1) is 4.92 Å². The topological polar surface area (TPSA) is 81.5 Å². The lowest BCUT2D eigenvalue weighted by atomic mass is 10.1. The molecule has 1 amide bonds. The second-order valence-corrected chi connectivity index (χ2v) is 4.49. The van der Waals surface area contributed by atoms with Crippen LogP contribution in [0.25, 0.3) is 0 Å². The van der Waals surface area contributed by atoms with E-state index in [9.17, 15) is 14.9 Å². The Morgan fingerprint density at radius 2 is 2.26 bits per heavy atom. The lowest BCUT2D eigenvalue weighted by Gasteiger charge is -2.13. The summed E-state index contributed by atoms with van der Waals surface area (Å²) in [5.41, 5.74) is 0.0746. The van der Waals surface area contributed by atoms with Crippen molar-refractivity contribution in [2.45, 2.75) is 19.4 Å². The van der Waals surface area contributed by atoms with Gasteiger partial charge in [-0.05, 0) is 25.5 Å². The molecule has 0 aliphatic rings. The zero-order valence-corrected chi connectivity index (χ0v) is 11.4. The van der Waals surface area contributed by atoms with Crippen molar-refractivity contribution in [2.75, 3.05) is 13.7 Å². The molecule has 0 fully saturated rings. The van der Waals surface area contributed by atoms with Crippen LogP contribution in [0.5, 0.6) is 0 Å². The van der Waals surface area contributed by atoms with E-state index in [-0.39, 0.29) is 22.7 Å². The van der Waals surface area contributed by atoms with Crippen molar-refractivity contribution < 1.29 is 14.5 Å². The smallest absolute Gasteiger partial charge is 0.287 e. The molecule has 0 heterocycles. The predicted octanol–water partition coefficient (Wildman–Crippen LogP) is 2.40. The fourth-order valence-corrected chi connectivity index (χ4v) is 1.72. The molecule has 19 heavy (non-hydrogen) atoms. The number of nitro groups is 1. The van der Waals surface area contributed by atoms with Crippen LogP contribution in [0, 0.1) is 10.1 Å². The highest BCUT2D eigenvalue weighted by Crippen LogP contribution is 2.24. The first-order valence-electron chi connectivity index (χ1n) is 5.69. The number of methoxy groups -OCH3 is 1. The number of benzene rings is 1. The van der Waals surface area contributed by atoms with Gasteiger partial charge in [0.25, 0.3) is 11.6 Å². The van der Waals surface area contributed by atoms with Gasteiger partial charge in [0, 0.05) is 31.4 Å². The molecular weight excluding hydrogens is 272 g/mol. The van der Waals surface area contributed by atoms with E-state index >= 15 is 0 Å². The van der Waals surface area contributed by atoms with Crippen LogP contribution in [-0.4, -0.2) is 30.6 Å². The molecule has 104 valence electrons. The summed E-state index contributed by atoms with van der Waals surface area (Å²) in [4.78, 5) is 21.9. The van der Waals surface area contributed by atoms with E-state index in [4.69, 9.17) is 16.3 Å². The number of rotatable bonds is 6. The zero-order valence-electron chi connectivity index (χ0n) is 10.7. The maximum absolute atomic E-state index is 11.9. The maximum Gasteiger partial charge on any atom is 0.287 e. The molecule has 0 bridgehead atoms. The van der Waals surface area contributed by atoms with Crippen LogP contribution in [0.15, 0.2) is 18.2 Å². The Hall–Kier alpha value is -1.66. The van der Waals surface area contributed by atoms with Crippen LogP contribution in [0.2, 0.25) is 5.02 Å². The Morgan fingerprint density at radius 3 is 2.79 bits per heavy atom. The second kappa shape index (κ2) is 7.06. The average molecular weight is 287 g/mol. The zero-order chi connectivity index (χ0) is 14.4. The molecular formula is C12H15ClN2O4. The number of amides is 1. The highest BCUT2D eigenvalue weighted by Gasteiger charge is 2.16. The number of hydrogen-bond donors (Lipinski definition) is 1. The first kappa shape index (κ1) is 15.4. The first-order valence-corrected chi connectivity index (χ1v) is 6.07. The van der Waals surface area contributed by atoms with Crippen LogP contribution >= 0.6 is 11.6 Å². The van der Waals surface area contributed by atoms with Gasteiger partial charge in [-0.3, -0.25) is 14.9 Å². The van der Waals surface area contributed by atoms with Crippen LogP contribution in [0.3, 0.4) is 0 Å². The van der Waals surface area contributed by atoms with Gasteiger partial charge in [-0.1, -0.05) is 11.6 Å². The van der Waals surface area contributed by atoms with E-state index in [0.717, 1.165) is 0 Å². The number of nitrogens with one attached hydrogen (secondary N) is 1. The number of carbonyl (C=O) groups is 1. The number of nitrogens with zero attached hydrogens (tertiary/aromatic N) is 1. The Morgan fingerprint density at radius 1 is 1.58 bits per heavy atom. The van der Waals surface area contributed by atoms with Crippen LogP contribution in [0.1, 0.15) is 23.7 Å². The monoisotopic (exact) mass is 286 g/mol. The molecule has 0 aliphatic carbocycles. The predicted molar refractivity (Wildman–Crippen MR) is 71.5 cm³/mol. The Labute approximate surface area is 115 Å². The van der Waals surface area contributed by atoms with Gasteiger partial charge in [0.15, 0.2) is 0 Å². The molecule has 1 unspecified atom stereocenters. The van der Waals surface area contributed by atoms with E-state index in [1.807, 2.05) is 6.92 Å². The third kappa shape index (κ3) is 4.50. The van der Waals surface area contributed by atoms with Gasteiger partial charge in [-0.25, -0.2) is 0 Å². The summed E-state index contributed by atoms with van der Waals surface area (Å²) in [6.07, 6.45) is 0.683. The van der Waals surface area contributed by atoms with Gasteiger partial charge in [0.1, 0.15) is 5.02 Å². The average Bonchev–Trinajstić information content (AvgIpc) is 2.35. The molecule has 0 radical (unpaired) electrons. The second-order valence-electron chi connectivity index (χ2n) is 4.08. The quantitative estimate of drug-likeness (QED) is 0.643. The molecule has 0 saturated heterocycles. The van der Waals surface area contributed by atoms with Gasteiger partial charge in [-0.15, -0.1) is 0 Å². The fourth-order valence-electron chi connectivity index (χ4n) is 1.47. The summed E-state index contributed by atoms with van der Waals surface area (Å²) in [6, 6.07) is 3.83. The minimum Gasteiger partial charge on any atom is -0.385 e. The molecule has 1 aromatic carbocycles. The van der Waals surface area contributed by atoms with Crippen molar-refractivity contribution in [3.05, 3.63) is 38.9 Å². The Balaban J connectivity index is 2.72. The summed E-state index contributed by atoms with van der Waals surface area (Å²) >= 11 is 5.75. The van der Waals surface area contributed by atoms with Crippen LogP contribution in [0.4, 0.5) is 5.69 Å². The van der Waals surface area contributed by atoms with E-state index in [1.54, 1.807) is 7.11 Å². The fraction of sp³-hybridized carbons (Fsp3) is 0.417. The molecule has 7 heteroatoms. The first-order chi connectivity index (χ1) is 8.95. The van der Waals surface area contributed by atoms with Crippen molar-refractivity contribution in [2.24, 2.45) is 0 Å². The van der Waals surface area contributed by atoms with E-state index in [2.05, 4.69) is 5.32 Å². The summed E-state index contributed by atoms with van der Waals surface area (Å²) in [7, 11) is 1.59. The third-order valence-corrected chi connectivity index (χ3v) is 2.84. The highest BCUT2D eigenvalue weighted by atomic mass is 35.5. The molecule has 1 rings (SSSR count). The third-order valence-electron chi connectivity index (χ3n) is 2.54. The van der Waals surface area contributed by atoms with E-state index in [0.29, 0.717) is 18.6 Å². The lowest BCUT2D eigenvalue weighted by molar-refractivity contribution is -0.384. The normalized spacial score (nSPS) is 11.9. The molecule has 0 saturated carbocycles. The number of nitro benzene ring substituents is 1. The van der Waals surface area contributed by atoms with Crippen molar-refractivity contribution in [3.8, 4) is 0 Å². The molecule has 1 atom stereocenters.